The van der Waals surface area contributed by atoms with Crippen LogP contribution in [0.15, 0.2) is 18.5 Å². The number of nitrogens with one attached hydrogen (secondary N) is 2. The standard InChI is InChI=1S/C12H17N7O2/c1-3-6-13-10-5-4-9(19(20)21)12(16-10)14-7-11-17-15-8-18(11)2/h4-5,8H,3,6-7H2,1-2H3,(H2,13,14,16). The Balaban J connectivity index is 2.17. The number of nitrogens with zero attached hydrogens (tertiary/aromatic N) is 5. The van der Waals surface area contributed by atoms with Crippen molar-refractivity contribution in [3.05, 3.63) is 34.4 Å². The summed E-state index contributed by atoms with van der Waals surface area (Å²) in [5.41, 5.74) is -0.0702. The Bertz CT molecular complexity index is 626. The highest BCUT2D eigenvalue weighted by Gasteiger charge is 2.16. The molecule has 2 aromatic rings. The lowest BCUT2D eigenvalue weighted by Crippen LogP contribution is -2.10. The Morgan fingerprint density at radius 2 is 2.19 bits per heavy atom. The summed E-state index contributed by atoms with van der Waals surface area (Å²) in [6.07, 6.45) is 2.51. The van der Waals surface area contributed by atoms with Gasteiger partial charge in [0.15, 0.2) is 5.82 Å². The number of hydrogen-bond acceptors (Lipinski definition) is 7. The van der Waals surface area contributed by atoms with Crippen LogP contribution < -0.4 is 10.6 Å². The average molecular weight is 291 g/mol. The van der Waals surface area contributed by atoms with Gasteiger partial charge >= 0.3 is 5.69 Å². The molecule has 0 radical (unpaired) electrons. The number of pyridine rings is 1. The Hall–Kier alpha value is -2.71. The highest BCUT2D eigenvalue weighted by molar-refractivity contribution is 5.60. The van der Waals surface area contributed by atoms with E-state index in [-0.39, 0.29) is 11.5 Å². The molecule has 0 aliphatic rings. The van der Waals surface area contributed by atoms with E-state index in [0.717, 1.165) is 13.0 Å². The molecular formula is C12H17N7O2. The Morgan fingerprint density at radius 3 is 2.81 bits per heavy atom. The van der Waals surface area contributed by atoms with Crippen LogP contribution in [0.1, 0.15) is 19.2 Å². The van der Waals surface area contributed by atoms with Crippen molar-refractivity contribution in [1.82, 2.24) is 19.7 Å². The molecule has 9 heteroatoms. The molecule has 0 bridgehead atoms. The van der Waals surface area contributed by atoms with Crippen LogP contribution in [-0.4, -0.2) is 31.2 Å². The third kappa shape index (κ3) is 3.65. The van der Waals surface area contributed by atoms with Crippen LogP contribution in [0.5, 0.6) is 0 Å². The second-order valence-corrected chi connectivity index (χ2v) is 4.46. The molecule has 2 heterocycles. The number of hydrogen-bond donors (Lipinski definition) is 2. The van der Waals surface area contributed by atoms with Gasteiger partial charge in [-0.3, -0.25) is 10.1 Å². The highest BCUT2D eigenvalue weighted by atomic mass is 16.6. The maximum Gasteiger partial charge on any atom is 0.311 e. The van der Waals surface area contributed by atoms with Gasteiger partial charge in [-0.25, -0.2) is 4.98 Å². The highest BCUT2D eigenvalue weighted by Crippen LogP contribution is 2.24. The molecule has 0 aliphatic heterocycles. The lowest BCUT2D eigenvalue weighted by Gasteiger charge is -2.09. The zero-order valence-corrected chi connectivity index (χ0v) is 11.9. The van der Waals surface area contributed by atoms with Gasteiger partial charge in [0.1, 0.15) is 12.1 Å². The van der Waals surface area contributed by atoms with Crippen molar-refractivity contribution in [2.75, 3.05) is 17.2 Å². The molecule has 9 nitrogen and oxygen atoms in total. The first-order valence-corrected chi connectivity index (χ1v) is 6.58. The van der Waals surface area contributed by atoms with Gasteiger partial charge in [-0.2, -0.15) is 0 Å². The lowest BCUT2D eigenvalue weighted by molar-refractivity contribution is -0.384. The van der Waals surface area contributed by atoms with Crippen molar-refractivity contribution in [3.8, 4) is 0 Å². The Kier molecular flexibility index (Phi) is 4.64. The summed E-state index contributed by atoms with van der Waals surface area (Å²) >= 11 is 0. The van der Waals surface area contributed by atoms with Crippen LogP contribution in [0.4, 0.5) is 17.3 Å². The fraction of sp³-hybridized carbons (Fsp3) is 0.417. The third-order valence-electron chi connectivity index (χ3n) is 2.85. The minimum absolute atomic E-state index is 0.0702. The average Bonchev–Trinajstić information content (AvgIpc) is 2.88. The van der Waals surface area contributed by atoms with Crippen LogP contribution in [0, 0.1) is 10.1 Å². The second-order valence-electron chi connectivity index (χ2n) is 4.46. The number of rotatable bonds is 7. The molecule has 0 fully saturated rings. The topological polar surface area (TPSA) is 111 Å². The number of aryl methyl sites for hydroxylation is 1. The van der Waals surface area contributed by atoms with Gasteiger partial charge in [0, 0.05) is 19.7 Å². The van der Waals surface area contributed by atoms with Gasteiger partial charge in [-0.05, 0) is 12.5 Å². The summed E-state index contributed by atoms with van der Waals surface area (Å²) in [6.45, 7) is 3.10. The van der Waals surface area contributed by atoms with Crippen molar-refractivity contribution in [1.29, 1.82) is 0 Å². The van der Waals surface area contributed by atoms with Crippen molar-refractivity contribution < 1.29 is 4.92 Å². The first-order chi connectivity index (χ1) is 10.1. The van der Waals surface area contributed by atoms with Crippen LogP contribution in [0.2, 0.25) is 0 Å². The maximum atomic E-state index is 11.0. The number of nitro groups is 1. The Labute approximate surface area is 121 Å². The number of anilines is 2. The van der Waals surface area contributed by atoms with Crippen LogP contribution in [-0.2, 0) is 13.6 Å². The molecule has 0 unspecified atom stereocenters. The van der Waals surface area contributed by atoms with Crippen LogP contribution >= 0.6 is 0 Å². The molecule has 0 aliphatic carbocycles. The summed E-state index contributed by atoms with van der Waals surface area (Å²) in [7, 11) is 1.80. The van der Waals surface area contributed by atoms with E-state index in [2.05, 4.69) is 25.8 Å². The van der Waals surface area contributed by atoms with Crippen molar-refractivity contribution in [3.63, 3.8) is 0 Å². The summed E-state index contributed by atoms with van der Waals surface area (Å²) in [5, 5.41) is 24.8. The fourth-order valence-corrected chi connectivity index (χ4v) is 1.71. The lowest BCUT2D eigenvalue weighted by atomic mass is 10.3. The SMILES string of the molecule is CCCNc1ccc([N+](=O)[O-])c(NCc2nncn2C)n1. The molecule has 21 heavy (non-hydrogen) atoms. The minimum Gasteiger partial charge on any atom is -0.370 e. The van der Waals surface area contributed by atoms with Crippen molar-refractivity contribution >= 4 is 17.3 Å². The number of aromatic nitrogens is 4. The van der Waals surface area contributed by atoms with Gasteiger partial charge in [0.25, 0.3) is 0 Å². The van der Waals surface area contributed by atoms with E-state index in [1.54, 1.807) is 24.0 Å². The molecule has 2 rings (SSSR count). The summed E-state index contributed by atoms with van der Waals surface area (Å²) < 4.78 is 1.73. The zero-order valence-electron chi connectivity index (χ0n) is 11.9. The molecular weight excluding hydrogens is 274 g/mol. The molecule has 2 N–H and O–H groups in total. The van der Waals surface area contributed by atoms with E-state index in [9.17, 15) is 10.1 Å². The third-order valence-corrected chi connectivity index (χ3v) is 2.85. The second kappa shape index (κ2) is 6.64. The van der Waals surface area contributed by atoms with Crippen LogP contribution in [0.3, 0.4) is 0 Å². The molecule has 0 saturated heterocycles. The predicted octanol–water partition coefficient (Wildman–Crippen LogP) is 1.55. The van der Waals surface area contributed by atoms with Gasteiger partial charge in [-0.1, -0.05) is 6.92 Å². The monoisotopic (exact) mass is 291 g/mol. The Morgan fingerprint density at radius 1 is 1.38 bits per heavy atom. The van der Waals surface area contributed by atoms with E-state index >= 15 is 0 Å². The largest absolute Gasteiger partial charge is 0.370 e. The van der Waals surface area contributed by atoms with Gasteiger partial charge in [-0.15, -0.1) is 10.2 Å². The first kappa shape index (κ1) is 14.7. The quantitative estimate of drug-likeness (QED) is 0.588. The van der Waals surface area contributed by atoms with E-state index in [1.807, 2.05) is 6.92 Å². The van der Waals surface area contributed by atoms with E-state index in [4.69, 9.17) is 0 Å². The minimum atomic E-state index is -0.463. The molecule has 112 valence electrons. The van der Waals surface area contributed by atoms with Crippen LogP contribution in [0.25, 0.3) is 0 Å². The van der Waals surface area contributed by atoms with Crippen molar-refractivity contribution in [2.24, 2.45) is 7.05 Å². The summed E-state index contributed by atoms with van der Waals surface area (Å²) in [4.78, 5) is 14.8. The predicted molar refractivity (Wildman–Crippen MR) is 78.0 cm³/mol. The summed E-state index contributed by atoms with van der Waals surface area (Å²) in [6, 6.07) is 3.03. The zero-order chi connectivity index (χ0) is 15.2. The fourth-order valence-electron chi connectivity index (χ4n) is 1.71. The van der Waals surface area contributed by atoms with E-state index in [0.29, 0.717) is 18.2 Å². The smallest absolute Gasteiger partial charge is 0.311 e. The molecule has 0 amide bonds. The summed E-state index contributed by atoms with van der Waals surface area (Å²) in [5.74, 6) is 1.48. The maximum absolute atomic E-state index is 11.0. The molecule has 0 atom stereocenters. The van der Waals surface area contributed by atoms with Crippen molar-refractivity contribution in [2.45, 2.75) is 19.9 Å². The van der Waals surface area contributed by atoms with Gasteiger partial charge in [0.05, 0.1) is 11.5 Å². The molecule has 2 aromatic heterocycles. The molecule has 0 saturated carbocycles. The molecule has 0 aromatic carbocycles. The van der Waals surface area contributed by atoms with E-state index < -0.39 is 4.92 Å². The molecule has 0 spiro atoms. The van der Waals surface area contributed by atoms with Gasteiger partial charge in [0.2, 0.25) is 5.82 Å². The van der Waals surface area contributed by atoms with Gasteiger partial charge < -0.3 is 15.2 Å². The normalized spacial score (nSPS) is 10.4. The first-order valence-electron chi connectivity index (χ1n) is 6.58. The van der Waals surface area contributed by atoms with E-state index in [1.165, 1.54) is 6.07 Å².